The molecule has 0 bridgehead atoms. The van der Waals surface area contributed by atoms with Crippen molar-refractivity contribution in [1.82, 2.24) is 0 Å². The predicted octanol–water partition coefficient (Wildman–Crippen LogP) is 6.23. The molecular weight excluding hydrogens is 324 g/mol. The molecule has 0 radical (unpaired) electrons. The minimum Gasteiger partial charge on any atom is -0.264 e. The van der Waals surface area contributed by atoms with Gasteiger partial charge in [0.2, 0.25) is 0 Å². The number of unbranched alkanes of at least 4 members (excludes halogenated alkanes) is 13. The first-order valence-corrected chi connectivity index (χ1v) is 11.2. The third kappa shape index (κ3) is 21.6. The summed E-state index contributed by atoms with van der Waals surface area (Å²) in [5.41, 5.74) is 0. The zero-order chi connectivity index (χ0) is 17.9. The third-order valence-electron chi connectivity index (χ3n) is 4.14. The molecular formula is C19H38O4S. The minimum absolute atomic E-state index is 0.0835. The van der Waals surface area contributed by atoms with E-state index in [0.717, 1.165) is 12.8 Å². The highest BCUT2D eigenvalue weighted by molar-refractivity contribution is 7.80. The van der Waals surface area contributed by atoms with Gasteiger partial charge in [-0.25, -0.2) is 4.18 Å². The minimum atomic E-state index is -4.25. The van der Waals surface area contributed by atoms with E-state index in [1.54, 1.807) is 0 Å². The molecule has 4 nitrogen and oxygen atoms in total. The van der Waals surface area contributed by atoms with Gasteiger partial charge in [0.15, 0.2) is 0 Å². The van der Waals surface area contributed by atoms with Crippen molar-refractivity contribution < 1.29 is 17.2 Å². The topological polar surface area (TPSA) is 63.6 Å². The van der Waals surface area contributed by atoms with Gasteiger partial charge in [-0.3, -0.25) is 4.55 Å². The second kappa shape index (κ2) is 17.4. The molecule has 0 rings (SSSR count). The first kappa shape index (κ1) is 23.6. The number of rotatable bonds is 18. The van der Waals surface area contributed by atoms with Crippen LogP contribution in [0, 0.1) is 0 Å². The van der Waals surface area contributed by atoms with Crippen LogP contribution in [0.2, 0.25) is 0 Å². The molecule has 0 atom stereocenters. The lowest BCUT2D eigenvalue weighted by atomic mass is 10.1. The number of hydrogen-bond donors (Lipinski definition) is 1. The van der Waals surface area contributed by atoms with Crippen LogP contribution < -0.4 is 0 Å². The largest absolute Gasteiger partial charge is 0.397 e. The molecule has 0 amide bonds. The second-order valence-electron chi connectivity index (χ2n) is 6.54. The molecule has 0 aliphatic rings. The molecule has 24 heavy (non-hydrogen) atoms. The van der Waals surface area contributed by atoms with Crippen LogP contribution >= 0.6 is 0 Å². The lowest BCUT2D eigenvalue weighted by Gasteiger charge is -2.01. The molecule has 0 heterocycles. The normalized spacial score (nSPS) is 12.2. The lowest BCUT2D eigenvalue weighted by molar-refractivity contribution is 0.261. The first-order valence-electron chi connectivity index (χ1n) is 9.83. The maximum Gasteiger partial charge on any atom is 0.397 e. The van der Waals surface area contributed by atoms with Crippen LogP contribution in [0.25, 0.3) is 0 Å². The Hall–Kier alpha value is -0.390. The molecule has 0 saturated carbocycles. The zero-order valence-corrected chi connectivity index (χ0v) is 16.4. The zero-order valence-electron chi connectivity index (χ0n) is 15.5. The number of hydrogen-bond acceptors (Lipinski definition) is 3. The maximum atomic E-state index is 10.3. The van der Waals surface area contributed by atoms with Crippen molar-refractivity contribution in [2.45, 2.75) is 103 Å². The predicted molar refractivity (Wildman–Crippen MR) is 102 cm³/mol. The van der Waals surface area contributed by atoms with E-state index in [4.69, 9.17) is 4.55 Å². The molecule has 0 aromatic rings. The maximum absolute atomic E-state index is 10.3. The summed E-state index contributed by atoms with van der Waals surface area (Å²) in [5.74, 6) is 0. The molecule has 0 aliphatic carbocycles. The van der Waals surface area contributed by atoms with Crippen LogP contribution in [0.1, 0.15) is 103 Å². The van der Waals surface area contributed by atoms with Gasteiger partial charge in [-0.1, -0.05) is 83.3 Å². The molecule has 0 unspecified atom stereocenters. The van der Waals surface area contributed by atoms with E-state index in [2.05, 4.69) is 23.3 Å². The molecule has 0 aromatic carbocycles. The molecule has 1 N–H and O–H groups in total. The molecule has 5 heteroatoms. The van der Waals surface area contributed by atoms with E-state index in [-0.39, 0.29) is 6.61 Å². The first-order chi connectivity index (χ1) is 11.6. The summed E-state index contributed by atoms with van der Waals surface area (Å²) in [6.07, 6.45) is 23.0. The summed E-state index contributed by atoms with van der Waals surface area (Å²) in [4.78, 5) is 0. The van der Waals surface area contributed by atoms with E-state index in [1.807, 2.05) is 0 Å². The molecule has 0 spiro atoms. The van der Waals surface area contributed by atoms with E-state index in [9.17, 15) is 8.42 Å². The van der Waals surface area contributed by atoms with E-state index in [1.165, 1.54) is 77.0 Å². The summed E-state index contributed by atoms with van der Waals surface area (Å²) < 4.78 is 33.3. The van der Waals surface area contributed by atoms with Crippen molar-refractivity contribution in [2.24, 2.45) is 0 Å². The van der Waals surface area contributed by atoms with Crippen LogP contribution in [0.3, 0.4) is 0 Å². The third-order valence-corrected chi connectivity index (χ3v) is 4.60. The summed E-state index contributed by atoms with van der Waals surface area (Å²) in [5, 5.41) is 0. The summed E-state index contributed by atoms with van der Waals surface area (Å²) in [6.45, 7) is 2.34. The number of allylic oxidation sites excluding steroid dienone is 2. The summed E-state index contributed by atoms with van der Waals surface area (Å²) in [6, 6.07) is 0. The van der Waals surface area contributed by atoms with Gasteiger partial charge in [0, 0.05) is 0 Å². The van der Waals surface area contributed by atoms with Gasteiger partial charge in [0.25, 0.3) is 0 Å². The quantitative estimate of drug-likeness (QED) is 0.178. The Morgan fingerprint density at radius 1 is 0.708 bits per heavy atom. The average molecular weight is 363 g/mol. The van der Waals surface area contributed by atoms with E-state index >= 15 is 0 Å². The molecule has 0 saturated heterocycles. The van der Waals surface area contributed by atoms with Gasteiger partial charge in [0.05, 0.1) is 6.61 Å². The Morgan fingerprint density at radius 3 is 1.58 bits per heavy atom. The van der Waals surface area contributed by atoms with Crippen LogP contribution in [0.5, 0.6) is 0 Å². The van der Waals surface area contributed by atoms with Crippen molar-refractivity contribution in [2.75, 3.05) is 6.61 Å². The molecule has 0 fully saturated rings. The van der Waals surface area contributed by atoms with Crippen molar-refractivity contribution in [3.63, 3.8) is 0 Å². The Kier molecular flexibility index (Phi) is 17.2. The fraction of sp³-hybridized carbons (Fsp3) is 0.895. The summed E-state index contributed by atoms with van der Waals surface area (Å²) in [7, 11) is -4.25. The Morgan fingerprint density at radius 2 is 1.12 bits per heavy atom. The van der Waals surface area contributed by atoms with E-state index in [0.29, 0.717) is 6.42 Å². The average Bonchev–Trinajstić information content (AvgIpc) is 2.52. The smallest absolute Gasteiger partial charge is 0.264 e. The van der Waals surface area contributed by atoms with Crippen LogP contribution in [0.4, 0.5) is 0 Å². The lowest BCUT2D eigenvalue weighted by Crippen LogP contribution is -2.04. The SMILES string of the molecule is CCCCCCCCC/C=C/CCCCCCCCOS(=O)(=O)O. The van der Waals surface area contributed by atoms with Gasteiger partial charge in [-0.2, -0.15) is 8.42 Å². The molecule has 144 valence electrons. The monoisotopic (exact) mass is 362 g/mol. The molecule has 0 aromatic heterocycles. The highest BCUT2D eigenvalue weighted by Gasteiger charge is 2.02. The summed E-state index contributed by atoms with van der Waals surface area (Å²) >= 11 is 0. The van der Waals surface area contributed by atoms with Crippen LogP contribution in [-0.4, -0.2) is 19.6 Å². The fourth-order valence-electron chi connectivity index (χ4n) is 2.69. The Balaban J connectivity index is 3.13. The van der Waals surface area contributed by atoms with Gasteiger partial charge in [-0.15, -0.1) is 0 Å². The second-order valence-corrected chi connectivity index (χ2v) is 7.63. The van der Waals surface area contributed by atoms with Crippen molar-refractivity contribution in [3.05, 3.63) is 12.2 Å². The van der Waals surface area contributed by atoms with Crippen LogP contribution in [-0.2, 0) is 14.6 Å². The Labute approximate surface area is 150 Å². The van der Waals surface area contributed by atoms with Gasteiger partial charge < -0.3 is 0 Å². The van der Waals surface area contributed by atoms with Gasteiger partial charge >= 0.3 is 10.4 Å². The van der Waals surface area contributed by atoms with Gasteiger partial charge in [0.1, 0.15) is 0 Å². The van der Waals surface area contributed by atoms with E-state index < -0.39 is 10.4 Å². The van der Waals surface area contributed by atoms with Gasteiger partial charge in [-0.05, 0) is 32.1 Å². The highest BCUT2D eigenvalue weighted by Crippen LogP contribution is 2.10. The highest BCUT2D eigenvalue weighted by atomic mass is 32.3. The Bertz CT molecular complexity index is 377. The van der Waals surface area contributed by atoms with Crippen molar-refractivity contribution in [3.8, 4) is 0 Å². The molecule has 0 aliphatic heterocycles. The van der Waals surface area contributed by atoms with Crippen molar-refractivity contribution >= 4 is 10.4 Å². The fourth-order valence-corrected chi connectivity index (χ4v) is 3.02. The van der Waals surface area contributed by atoms with Crippen molar-refractivity contribution in [1.29, 1.82) is 0 Å². The van der Waals surface area contributed by atoms with Crippen LogP contribution in [0.15, 0.2) is 12.2 Å². The standard InChI is InChI=1S/C19H38O4S/c1-2-3-4-5-6-7-8-9-10-11-12-13-14-15-16-17-18-19-23-24(20,21)22/h10-11H,2-9,12-19H2,1H3,(H,20,21,22)/b11-10+.